The van der Waals surface area contributed by atoms with Gasteiger partial charge in [0.1, 0.15) is 5.69 Å². The third-order valence-corrected chi connectivity index (χ3v) is 4.99. The fourth-order valence-electron chi connectivity index (χ4n) is 3.51. The Balaban J connectivity index is 1.83. The maximum absolute atomic E-state index is 13.1. The number of hydrogen-bond donors (Lipinski definition) is 0. The zero-order valence-corrected chi connectivity index (χ0v) is 16.1. The van der Waals surface area contributed by atoms with Crippen LogP contribution in [0.2, 0.25) is 0 Å². The lowest BCUT2D eigenvalue weighted by Gasteiger charge is -2.22. The second-order valence-corrected chi connectivity index (χ2v) is 7.02. The molecule has 1 aromatic heterocycles. The molecule has 2 aromatic rings. The molecular weight excluding hydrogens is 338 g/mol. The topological polar surface area (TPSA) is 53.5 Å². The molecule has 0 saturated carbocycles. The summed E-state index contributed by atoms with van der Waals surface area (Å²) in [4.78, 5) is 33.7. The number of pyridine rings is 1. The Morgan fingerprint density at radius 1 is 1.07 bits per heavy atom. The summed E-state index contributed by atoms with van der Waals surface area (Å²) in [6.45, 7) is 6.04. The molecule has 0 radical (unpaired) electrons. The molecule has 0 atom stereocenters. The minimum absolute atomic E-state index is 0.0786. The summed E-state index contributed by atoms with van der Waals surface area (Å²) in [6.07, 6.45) is 5.94. The van der Waals surface area contributed by atoms with Gasteiger partial charge in [-0.1, -0.05) is 25.0 Å². The molecule has 0 N–H and O–H groups in total. The van der Waals surface area contributed by atoms with Crippen molar-refractivity contribution < 1.29 is 9.59 Å². The monoisotopic (exact) mass is 365 g/mol. The van der Waals surface area contributed by atoms with Crippen molar-refractivity contribution in [2.45, 2.75) is 39.5 Å². The van der Waals surface area contributed by atoms with Gasteiger partial charge in [-0.25, -0.2) is 0 Å². The number of nitrogens with zero attached hydrogens (tertiary/aromatic N) is 3. The van der Waals surface area contributed by atoms with Gasteiger partial charge >= 0.3 is 0 Å². The standard InChI is InChI=1S/C22H27N3O2/c1-3-25(19-10-8-9-17(2)15-19)21(26)18-11-12-23-20(16-18)22(27)24-13-6-4-5-7-14-24/h8-12,15-16H,3-7,13-14H2,1-2H3. The SMILES string of the molecule is CCN(C(=O)c1ccnc(C(=O)N2CCCCCC2)c1)c1cccc(C)c1. The van der Waals surface area contributed by atoms with Crippen LogP contribution in [-0.4, -0.2) is 41.3 Å². The van der Waals surface area contributed by atoms with E-state index >= 15 is 0 Å². The van der Waals surface area contributed by atoms with E-state index < -0.39 is 0 Å². The van der Waals surface area contributed by atoms with E-state index in [4.69, 9.17) is 0 Å². The van der Waals surface area contributed by atoms with Crippen LogP contribution in [0.4, 0.5) is 5.69 Å². The fourth-order valence-corrected chi connectivity index (χ4v) is 3.51. The first-order chi connectivity index (χ1) is 13.1. The number of likely N-dealkylation sites (tertiary alicyclic amines) is 1. The Labute approximate surface area is 161 Å². The highest BCUT2D eigenvalue weighted by Gasteiger charge is 2.21. The van der Waals surface area contributed by atoms with E-state index in [1.54, 1.807) is 23.2 Å². The van der Waals surface area contributed by atoms with Gasteiger partial charge in [0.25, 0.3) is 11.8 Å². The predicted octanol–water partition coefficient (Wildman–Crippen LogP) is 4.07. The second-order valence-electron chi connectivity index (χ2n) is 7.02. The average molecular weight is 365 g/mol. The van der Waals surface area contributed by atoms with Crippen molar-refractivity contribution in [2.24, 2.45) is 0 Å². The number of carbonyl (C=O) groups is 2. The highest BCUT2D eigenvalue weighted by Crippen LogP contribution is 2.19. The molecule has 5 heteroatoms. The van der Waals surface area contributed by atoms with Crippen molar-refractivity contribution in [3.63, 3.8) is 0 Å². The molecular formula is C22H27N3O2. The van der Waals surface area contributed by atoms with Crippen molar-refractivity contribution in [2.75, 3.05) is 24.5 Å². The van der Waals surface area contributed by atoms with Gasteiger partial charge in [-0.2, -0.15) is 0 Å². The predicted molar refractivity (Wildman–Crippen MR) is 107 cm³/mol. The smallest absolute Gasteiger partial charge is 0.272 e. The molecule has 2 amide bonds. The zero-order chi connectivity index (χ0) is 19.2. The number of hydrogen-bond acceptors (Lipinski definition) is 3. The van der Waals surface area contributed by atoms with Crippen LogP contribution in [0.3, 0.4) is 0 Å². The molecule has 0 unspecified atom stereocenters. The molecule has 3 rings (SSSR count). The normalized spacial score (nSPS) is 14.5. The minimum atomic E-state index is -0.115. The van der Waals surface area contributed by atoms with E-state index in [0.29, 0.717) is 17.8 Å². The summed E-state index contributed by atoms with van der Waals surface area (Å²) in [5, 5.41) is 0. The van der Waals surface area contributed by atoms with Crippen molar-refractivity contribution in [1.82, 2.24) is 9.88 Å². The Kier molecular flexibility index (Phi) is 6.22. The largest absolute Gasteiger partial charge is 0.337 e. The zero-order valence-electron chi connectivity index (χ0n) is 16.1. The number of carbonyl (C=O) groups excluding carboxylic acids is 2. The van der Waals surface area contributed by atoms with Gasteiger partial charge in [-0.15, -0.1) is 0 Å². The van der Waals surface area contributed by atoms with Crippen LogP contribution in [0.15, 0.2) is 42.6 Å². The van der Waals surface area contributed by atoms with Gasteiger partial charge in [0.05, 0.1) is 0 Å². The summed E-state index contributed by atoms with van der Waals surface area (Å²) >= 11 is 0. The first-order valence-electron chi connectivity index (χ1n) is 9.74. The Morgan fingerprint density at radius 3 is 2.48 bits per heavy atom. The van der Waals surface area contributed by atoms with Gasteiger partial charge in [0.2, 0.25) is 0 Å². The lowest BCUT2D eigenvalue weighted by atomic mass is 10.1. The van der Waals surface area contributed by atoms with E-state index in [-0.39, 0.29) is 11.8 Å². The number of rotatable bonds is 4. The lowest BCUT2D eigenvalue weighted by Crippen LogP contribution is -2.33. The summed E-state index contributed by atoms with van der Waals surface area (Å²) in [5.74, 6) is -0.194. The third-order valence-electron chi connectivity index (χ3n) is 4.99. The molecule has 5 nitrogen and oxygen atoms in total. The van der Waals surface area contributed by atoms with E-state index in [9.17, 15) is 9.59 Å². The molecule has 1 fully saturated rings. The van der Waals surface area contributed by atoms with Crippen LogP contribution in [0.1, 0.15) is 59.0 Å². The quantitative estimate of drug-likeness (QED) is 0.820. The molecule has 1 aliphatic heterocycles. The van der Waals surface area contributed by atoms with Gasteiger partial charge in [0, 0.05) is 37.1 Å². The Hall–Kier alpha value is -2.69. The highest BCUT2D eigenvalue weighted by molar-refractivity contribution is 6.07. The van der Waals surface area contributed by atoms with E-state index in [2.05, 4.69) is 4.98 Å². The number of benzene rings is 1. The van der Waals surface area contributed by atoms with Crippen LogP contribution in [0.25, 0.3) is 0 Å². The fraction of sp³-hybridized carbons (Fsp3) is 0.409. The average Bonchev–Trinajstić information content (AvgIpc) is 2.97. The molecule has 142 valence electrons. The van der Waals surface area contributed by atoms with Gasteiger partial charge < -0.3 is 9.80 Å². The second kappa shape index (κ2) is 8.80. The van der Waals surface area contributed by atoms with E-state index in [0.717, 1.165) is 50.0 Å². The van der Waals surface area contributed by atoms with Crippen molar-refractivity contribution in [3.05, 3.63) is 59.4 Å². The molecule has 1 aliphatic rings. The molecule has 0 bridgehead atoms. The van der Waals surface area contributed by atoms with Crippen LogP contribution in [0, 0.1) is 6.92 Å². The first-order valence-corrected chi connectivity index (χ1v) is 9.74. The number of aryl methyl sites for hydroxylation is 1. The van der Waals surface area contributed by atoms with E-state index in [1.807, 2.05) is 43.0 Å². The summed E-state index contributed by atoms with van der Waals surface area (Å²) in [5.41, 5.74) is 2.81. The van der Waals surface area contributed by atoms with Gasteiger partial charge in [-0.05, 0) is 56.5 Å². The summed E-state index contributed by atoms with van der Waals surface area (Å²) < 4.78 is 0. The van der Waals surface area contributed by atoms with Gasteiger partial charge in [-0.3, -0.25) is 14.6 Å². The molecule has 0 aliphatic carbocycles. The van der Waals surface area contributed by atoms with Crippen LogP contribution in [-0.2, 0) is 0 Å². The van der Waals surface area contributed by atoms with Crippen molar-refractivity contribution in [3.8, 4) is 0 Å². The van der Waals surface area contributed by atoms with Crippen molar-refractivity contribution in [1.29, 1.82) is 0 Å². The maximum atomic E-state index is 13.1. The Bertz CT molecular complexity index is 811. The maximum Gasteiger partial charge on any atom is 0.272 e. The van der Waals surface area contributed by atoms with Gasteiger partial charge in [0.15, 0.2) is 0 Å². The molecule has 27 heavy (non-hydrogen) atoms. The number of amides is 2. The molecule has 1 aromatic carbocycles. The molecule has 2 heterocycles. The van der Waals surface area contributed by atoms with Crippen molar-refractivity contribution >= 4 is 17.5 Å². The molecule has 1 saturated heterocycles. The Morgan fingerprint density at radius 2 is 1.81 bits per heavy atom. The number of aromatic nitrogens is 1. The summed E-state index contributed by atoms with van der Waals surface area (Å²) in [7, 11) is 0. The first kappa shape index (κ1) is 19.1. The van der Waals surface area contributed by atoms with Crippen LogP contribution >= 0.6 is 0 Å². The molecule has 0 spiro atoms. The third kappa shape index (κ3) is 4.54. The highest BCUT2D eigenvalue weighted by atomic mass is 16.2. The van der Waals surface area contributed by atoms with E-state index in [1.165, 1.54) is 0 Å². The summed E-state index contributed by atoms with van der Waals surface area (Å²) in [6, 6.07) is 11.2. The van der Waals surface area contributed by atoms with Crippen LogP contribution < -0.4 is 4.90 Å². The van der Waals surface area contributed by atoms with Crippen LogP contribution in [0.5, 0.6) is 0 Å². The minimum Gasteiger partial charge on any atom is -0.337 e. The number of anilines is 1. The lowest BCUT2D eigenvalue weighted by molar-refractivity contribution is 0.0755.